The number of nitrogens with zero attached hydrogens (tertiary/aromatic N) is 1. The highest BCUT2D eigenvalue weighted by Crippen LogP contribution is 2.29. The van der Waals surface area contributed by atoms with Gasteiger partial charge in [0.25, 0.3) is 0 Å². The van der Waals surface area contributed by atoms with E-state index >= 15 is 0 Å². The highest BCUT2D eigenvalue weighted by Gasteiger charge is 2.22. The molecule has 0 aromatic heterocycles. The molecule has 1 atom stereocenters. The van der Waals surface area contributed by atoms with Crippen molar-refractivity contribution in [2.45, 2.75) is 32.7 Å². The molecule has 1 heterocycles. The molecule has 2 rings (SSSR count). The van der Waals surface area contributed by atoms with Crippen LogP contribution in [0, 0.1) is 13.8 Å². The van der Waals surface area contributed by atoms with Crippen LogP contribution < -0.4 is 5.32 Å². The summed E-state index contributed by atoms with van der Waals surface area (Å²) in [6.45, 7) is 12.8. The molecule has 1 aromatic carbocycles. The maximum absolute atomic E-state index is 3.88. The number of aryl methyl sites for hydroxylation is 2. The molecule has 2 nitrogen and oxygen atoms in total. The van der Waals surface area contributed by atoms with E-state index in [0.29, 0.717) is 6.04 Å². The summed E-state index contributed by atoms with van der Waals surface area (Å²) in [4.78, 5) is 2.62. The summed E-state index contributed by atoms with van der Waals surface area (Å²) in [5.74, 6) is 0. The van der Waals surface area contributed by atoms with Crippen molar-refractivity contribution in [3.63, 3.8) is 0 Å². The first kappa shape index (κ1) is 14.3. The molecule has 104 valence electrons. The number of piperazine rings is 1. The van der Waals surface area contributed by atoms with Gasteiger partial charge in [-0.25, -0.2) is 0 Å². The lowest BCUT2D eigenvalue weighted by atomic mass is 9.94. The Morgan fingerprint density at radius 3 is 2.68 bits per heavy atom. The summed E-state index contributed by atoms with van der Waals surface area (Å²) < 4.78 is 0. The molecule has 2 heteroatoms. The fraction of sp³-hybridized carbons (Fsp3) is 0.529. The Bertz CT molecular complexity index is 419. The normalized spacial score (nSPS) is 18.2. The average Bonchev–Trinajstić information content (AvgIpc) is 2.42. The van der Waals surface area contributed by atoms with Crippen molar-refractivity contribution in [2.24, 2.45) is 0 Å². The monoisotopic (exact) mass is 258 g/mol. The molecule has 0 unspecified atom stereocenters. The van der Waals surface area contributed by atoms with E-state index in [-0.39, 0.29) is 0 Å². The maximum atomic E-state index is 3.88. The summed E-state index contributed by atoms with van der Waals surface area (Å²) in [6, 6.07) is 7.41. The van der Waals surface area contributed by atoms with E-state index in [1.165, 1.54) is 23.1 Å². The highest BCUT2D eigenvalue weighted by molar-refractivity contribution is 5.33. The molecule has 1 aliphatic heterocycles. The van der Waals surface area contributed by atoms with Gasteiger partial charge in [0.1, 0.15) is 0 Å². The lowest BCUT2D eigenvalue weighted by molar-refractivity contribution is 0.165. The fourth-order valence-electron chi connectivity index (χ4n) is 3.00. The van der Waals surface area contributed by atoms with Gasteiger partial charge in [-0.2, -0.15) is 0 Å². The van der Waals surface area contributed by atoms with Gasteiger partial charge in [-0.15, -0.1) is 6.58 Å². The smallest absolute Gasteiger partial charge is 0.0354 e. The molecule has 0 spiro atoms. The first-order chi connectivity index (χ1) is 9.22. The van der Waals surface area contributed by atoms with Gasteiger partial charge < -0.3 is 5.32 Å². The third kappa shape index (κ3) is 3.68. The van der Waals surface area contributed by atoms with Crippen molar-refractivity contribution in [1.82, 2.24) is 10.2 Å². The van der Waals surface area contributed by atoms with E-state index in [1.54, 1.807) is 0 Å². The van der Waals surface area contributed by atoms with Crippen molar-refractivity contribution in [3.8, 4) is 0 Å². The van der Waals surface area contributed by atoms with Crippen LogP contribution in [0.2, 0.25) is 0 Å². The molecule has 19 heavy (non-hydrogen) atoms. The minimum Gasteiger partial charge on any atom is -0.314 e. The number of benzene rings is 1. The predicted octanol–water partition coefficient (Wildman–Crippen LogP) is 3.22. The van der Waals surface area contributed by atoms with Gasteiger partial charge in [0.15, 0.2) is 0 Å². The van der Waals surface area contributed by atoms with Gasteiger partial charge in [0.2, 0.25) is 0 Å². The third-order valence-corrected chi connectivity index (χ3v) is 4.02. The van der Waals surface area contributed by atoms with E-state index in [1.807, 2.05) is 6.08 Å². The Morgan fingerprint density at radius 1 is 1.32 bits per heavy atom. The second kappa shape index (κ2) is 6.88. The van der Waals surface area contributed by atoms with E-state index in [4.69, 9.17) is 0 Å². The molecule has 1 fully saturated rings. The second-order valence-electron chi connectivity index (χ2n) is 5.53. The minimum atomic E-state index is 0.542. The van der Waals surface area contributed by atoms with Crippen LogP contribution in [0.15, 0.2) is 30.9 Å². The van der Waals surface area contributed by atoms with Crippen molar-refractivity contribution in [3.05, 3.63) is 47.5 Å². The fourth-order valence-corrected chi connectivity index (χ4v) is 3.00. The Kier molecular flexibility index (Phi) is 5.17. The number of hydrogen-bond donors (Lipinski definition) is 1. The van der Waals surface area contributed by atoms with Crippen LogP contribution in [-0.2, 0) is 0 Å². The van der Waals surface area contributed by atoms with E-state index in [0.717, 1.165) is 32.6 Å². The highest BCUT2D eigenvalue weighted by atomic mass is 15.2. The molecule has 0 radical (unpaired) electrons. The maximum Gasteiger partial charge on any atom is 0.0354 e. The van der Waals surface area contributed by atoms with Gasteiger partial charge in [0.05, 0.1) is 0 Å². The van der Waals surface area contributed by atoms with Crippen LogP contribution >= 0.6 is 0 Å². The van der Waals surface area contributed by atoms with Crippen LogP contribution in [0.5, 0.6) is 0 Å². The molecule has 0 amide bonds. The zero-order valence-corrected chi connectivity index (χ0v) is 12.3. The zero-order valence-electron chi connectivity index (χ0n) is 12.3. The lowest BCUT2D eigenvalue weighted by Crippen LogP contribution is -2.45. The third-order valence-electron chi connectivity index (χ3n) is 4.02. The molecule has 1 saturated heterocycles. The Morgan fingerprint density at radius 2 is 2.05 bits per heavy atom. The van der Waals surface area contributed by atoms with Gasteiger partial charge in [-0.05, 0) is 37.8 Å². The van der Waals surface area contributed by atoms with Crippen LogP contribution in [-0.4, -0.2) is 31.1 Å². The summed E-state index contributed by atoms with van der Waals surface area (Å²) in [5, 5.41) is 3.44. The minimum absolute atomic E-state index is 0.542. The first-order valence-corrected chi connectivity index (χ1v) is 7.35. The van der Waals surface area contributed by atoms with Crippen molar-refractivity contribution < 1.29 is 0 Å². The van der Waals surface area contributed by atoms with Gasteiger partial charge in [-0.1, -0.05) is 29.8 Å². The standard InChI is InChI=1S/C17H26N2/c1-4-5-6-17(19-11-9-18-10-12-19)16-8-7-14(2)13-15(16)3/h4,7-8,13,17-18H,1,5-6,9-12H2,2-3H3/t17-/m1/s1. The number of hydrogen-bond acceptors (Lipinski definition) is 2. The topological polar surface area (TPSA) is 15.3 Å². The van der Waals surface area contributed by atoms with E-state index < -0.39 is 0 Å². The molecule has 1 aliphatic rings. The molecule has 1 N–H and O–H groups in total. The molecular weight excluding hydrogens is 232 g/mol. The predicted molar refractivity (Wildman–Crippen MR) is 82.5 cm³/mol. The van der Waals surface area contributed by atoms with Crippen LogP contribution in [0.25, 0.3) is 0 Å². The largest absolute Gasteiger partial charge is 0.314 e. The molecule has 0 bridgehead atoms. The molecular formula is C17H26N2. The summed E-state index contributed by atoms with van der Waals surface area (Å²) in [6.07, 6.45) is 4.30. The molecule has 1 aromatic rings. The van der Waals surface area contributed by atoms with Crippen molar-refractivity contribution in [2.75, 3.05) is 26.2 Å². The van der Waals surface area contributed by atoms with Crippen LogP contribution in [0.1, 0.15) is 35.6 Å². The quantitative estimate of drug-likeness (QED) is 0.816. The van der Waals surface area contributed by atoms with Crippen molar-refractivity contribution in [1.29, 1.82) is 0 Å². The average molecular weight is 258 g/mol. The second-order valence-corrected chi connectivity index (χ2v) is 5.53. The van der Waals surface area contributed by atoms with Gasteiger partial charge >= 0.3 is 0 Å². The first-order valence-electron chi connectivity index (χ1n) is 7.35. The van der Waals surface area contributed by atoms with Gasteiger partial charge in [-0.3, -0.25) is 4.90 Å². The van der Waals surface area contributed by atoms with E-state index in [9.17, 15) is 0 Å². The summed E-state index contributed by atoms with van der Waals surface area (Å²) in [5.41, 5.74) is 4.27. The molecule has 0 saturated carbocycles. The van der Waals surface area contributed by atoms with Crippen LogP contribution in [0.3, 0.4) is 0 Å². The van der Waals surface area contributed by atoms with Crippen LogP contribution in [0.4, 0.5) is 0 Å². The van der Waals surface area contributed by atoms with Crippen molar-refractivity contribution >= 4 is 0 Å². The molecule has 0 aliphatic carbocycles. The van der Waals surface area contributed by atoms with E-state index in [2.05, 4.69) is 48.8 Å². The summed E-state index contributed by atoms with van der Waals surface area (Å²) >= 11 is 0. The van der Waals surface area contributed by atoms with Gasteiger partial charge in [0, 0.05) is 32.2 Å². The Balaban J connectivity index is 2.22. The zero-order chi connectivity index (χ0) is 13.7. The number of allylic oxidation sites excluding steroid dienone is 1. The Hall–Kier alpha value is -1.12. The lowest BCUT2D eigenvalue weighted by Gasteiger charge is -2.36. The number of rotatable bonds is 5. The SMILES string of the molecule is C=CCC[C@H](c1ccc(C)cc1C)N1CCNCC1. The number of nitrogens with one attached hydrogen (secondary N) is 1. The summed E-state index contributed by atoms with van der Waals surface area (Å²) in [7, 11) is 0. The Labute approximate surface area is 117 Å².